The first-order chi connectivity index (χ1) is 14.3. The molecule has 9 heteroatoms. The van der Waals surface area contributed by atoms with E-state index in [0.29, 0.717) is 34.6 Å². The van der Waals surface area contributed by atoms with Gasteiger partial charge in [-0.05, 0) is 37.0 Å². The maximum atomic E-state index is 13.0. The summed E-state index contributed by atoms with van der Waals surface area (Å²) >= 11 is 6.07. The highest BCUT2D eigenvalue weighted by Crippen LogP contribution is 2.35. The van der Waals surface area contributed by atoms with Gasteiger partial charge in [0.15, 0.2) is 0 Å². The first kappa shape index (κ1) is 21.4. The number of hydrogen-bond donors (Lipinski definition) is 1. The Morgan fingerprint density at radius 1 is 1.30 bits per heavy atom. The lowest BCUT2D eigenvalue weighted by atomic mass is 9.96. The molecule has 3 rings (SSSR count). The zero-order valence-electron chi connectivity index (χ0n) is 16.5. The van der Waals surface area contributed by atoms with Gasteiger partial charge in [-0.3, -0.25) is 14.2 Å². The second-order valence-electron chi connectivity index (χ2n) is 7.14. The zero-order chi connectivity index (χ0) is 22.0. The van der Waals surface area contributed by atoms with E-state index in [4.69, 9.17) is 16.3 Å². The quantitative estimate of drug-likeness (QED) is 0.798. The van der Waals surface area contributed by atoms with E-state index in [1.54, 1.807) is 18.2 Å². The van der Waals surface area contributed by atoms with E-state index in [1.165, 1.54) is 23.9 Å². The van der Waals surface area contributed by atoms with Crippen molar-refractivity contribution in [2.24, 2.45) is 5.92 Å². The number of nitriles is 1. The van der Waals surface area contributed by atoms with Gasteiger partial charge in [0.1, 0.15) is 11.8 Å². The van der Waals surface area contributed by atoms with E-state index in [0.717, 1.165) is 4.90 Å². The number of methoxy groups -OCH3 is 1. The number of nitrogens with zero attached hydrogens (tertiary/aromatic N) is 3. The molecule has 0 bridgehead atoms. The van der Waals surface area contributed by atoms with Crippen LogP contribution in [0.2, 0.25) is 5.02 Å². The Kier molecular flexibility index (Phi) is 6.13. The first-order valence-corrected chi connectivity index (χ1v) is 9.70. The highest BCUT2D eigenvalue weighted by molar-refractivity contribution is 6.31. The molecule has 2 aromatic rings. The minimum absolute atomic E-state index is 0.0903. The zero-order valence-corrected chi connectivity index (χ0v) is 17.2. The van der Waals surface area contributed by atoms with Gasteiger partial charge in [0, 0.05) is 28.8 Å². The predicted molar refractivity (Wildman–Crippen MR) is 110 cm³/mol. The van der Waals surface area contributed by atoms with E-state index in [9.17, 15) is 24.8 Å². The summed E-state index contributed by atoms with van der Waals surface area (Å²) in [5, 5.41) is 19.2. The molecule has 30 heavy (non-hydrogen) atoms. The van der Waals surface area contributed by atoms with Gasteiger partial charge in [-0.15, -0.1) is 0 Å². The summed E-state index contributed by atoms with van der Waals surface area (Å²) in [6, 6.07) is 7.04. The number of carboxylic acid groups (broad SMARTS) is 1. The second-order valence-corrected chi connectivity index (χ2v) is 7.58. The smallest absolute Gasteiger partial charge is 0.414 e. The highest BCUT2D eigenvalue weighted by atomic mass is 35.5. The summed E-state index contributed by atoms with van der Waals surface area (Å²) in [5.74, 6) is -0.639. The normalized spacial score (nSPS) is 19.1. The average molecular weight is 430 g/mol. The van der Waals surface area contributed by atoms with E-state index >= 15 is 0 Å². The number of carbonyl (C=O) groups excluding carboxylic acids is 1. The molecule has 8 nitrogen and oxygen atoms in total. The molecule has 1 N–H and O–H groups in total. The number of ether oxygens (including phenoxy) is 1. The molecule has 1 aliphatic heterocycles. The fraction of sp³-hybridized carbons (Fsp3) is 0.333. The summed E-state index contributed by atoms with van der Waals surface area (Å²) in [6.45, 7) is 1.90. The fourth-order valence-corrected chi connectivity index (χ4v) is 3.95. The minimum Gasteiger partial charge on any atom is -0.495 e. The van der Waals surface area contributed by atoms with Crippen LogP contribution in [0.25, 0.3) is 11.1 Å². The number of hydrogen-bond acceptors (Lipinski definition) is 5. The highest BCUT2D eigenvalue weighted by Gasteiger charge is 2.37. The fourth-order valence-electron chi connectivity index (χ4n) is 3.78. The molecule has 1 aliphatic rings. The van der Waals surface area contributed by atoms with Crippen LogP contribution < -0.4 is 10.3 Å². The number of carbonyl (C=O) groups is 2. The SMILES string of the molecule is COc1cn(C2C(=O)N(C(=O)O)CCCC2C)c(=O)cc1-c1cc(Cl)ccc1C#N. The topological polar surface area (TPSA) is 113 Å². The molecule has 2 amide bonds. The summed E-state index contributed by atoms with van der Waals surface area (Å²) < 4.78 is 6.66. The largest absolute Gasteiger partial charge is 0.495 e. The van der Waals surface area contributed by atoms with Crippen LogP contribution in [0.1, 0.15) is 31.4 Å². The number of pyridine rings is 1. The number of halogens is 1. The average Bonchev–Trinajstić information content (AvgIpc) is 2.86. The van der Waals surface area contributed by atoms with Gasteiger partial charge in [-0.1, -0.05) is 18.5 Å². The molecule has 1 aromatic carbocycles. The number of imide groups is 1. The molecular weight excluding hydrogens is 410 g/mol. The lowest BCUT2D eigenvalue weighted by Gasteiger charge is -2.26. The molecule has 156 valence electrons. The number of aromatic nitrogens is 1. The van der Waals surface area contributed by atoms with Crippen molar-refractivity contribution in [3.8, 4) is 22.9 Å². The van der Waals surface area contributed by atoms with E-state index in [2.05, 4.69) is 6.07 Å². The van der Waals surface area contributed by atoms with Crippen molar-refractivity contribution in [1.29, 1.82) is 5.26 Å². The lowest BCUT2D eigenvalue weighted by Crippen LogP contribution is -2.43. The molecule has 0 aliphatic carbocycles. The van der Waals surface area contributed by atoms with Crippen molar-refractivity contribution in [3.05, 3.63) is 51.4 Å². The predicted octanol–water partition coefficient (Wildman–Crippen LogP) is 3.53. The van der Waals surface area contributed by atoms with Crippen molar-refractivity contribution in [3.63, 3.8) is 0 Å². The van der Waals surface area contributed by atoms with Crippen LogP contribution in [0.15, 0.2) is 35.3 Å². The molecule has 0 saturated carbocycles. The second kappa shape index (κ2) is 8.59. The van der Waals surface area contributed by atoms with Gasteiger partial charge >= 0.3 is 6.09 Å². The van der Waals surface area contributed by atoms with Crippen LogP contribution >= 0.6 is 11.6 Å². The van der Waals surface area contributed by atoms with Crippen LogP contribution in [-0.4, -0.2) is 40.2 Å². The number of rotatable bonds is 3. The lowest BCUT2D eigenvalue weighted by molar-refractivity contribution is -0.133. The molecule has 0 spiro atoms. The van der Waals surface area contributed by atoms with Crippen LogP contribution in [0, 0.1) is 17.2 Å². The third-order valence-electron chi connectivity index (χ3n) is 5.29. The van der Waals surface area contributed by atoms with E-state index < -0.39 is 23.6 Å². The van der Waals surface area contributed by atoms with Gasteiger partial charge in [-0.25, -0.2) is 9.69 Å². The Morgan fingerprint density at radius 2 is 2.03 bits per heavy atom. The standard InChI is InChI=1S/C21H20ClN3O5/c1-12-4-3-7-24(21(28)29)20(27)19(12)25-11-17(30-2)16(9-18(25)26)15-8-14(22)6-5-13(15)10-23/h5-6,8-9,11-12,19H,3-4,7H2,1-2H3,(H,28,29). The number of benzene rings is 1. The molecular formula is C21H20ClN3O5. The minimum atomic E-state index is -1.34. The maximum Gasteiger partial charge on any atom is 0.414 e. The van der Waals surface area contributed by atoms with Crippen molar-refractivity contribution in [1.82, 2.24) is 9.47 Å². The van der Waals surface area contributed by atoms with Gasteiger partial charge in [0.25, 0.3) is 11.5 Å². The Balaban J connectivity index is 2.18. The van der Waals surface area contributed by atoms with Crippen molar-refractivity contribution >= 4 is 23.6 Å². The molecule has 1 aromatic heterocycles. The summed E-state index contributed by atoms with van der Waals surface area (Å²) in [6.07, 6.45) is 1.16. The van der Waals surface area contributed by atoms with Crippen molar-refractivity contribution in [2.75, 3.05) is 13.7 Å². The van der Waals surface area contributed by atoms with E-state index in [-0.39, 0.29) is 18.2 Å². The first-order valence-electron chi connectivity index (χ1n) is 9.33. The Bertz CT molecular complexity index is 1100. The third kappa shape index (κ3) is 3.89. The van der Waals surface area contributed by atoms with Crippen LogP contribution in [0.4, 0.5) is 4.79 Å². The monoisotopic (exact) mass is 429 g/mol. The van der Waals surface area contributed by atoms with Crippen molar-refractivity contribution < 1.29 is 19.4 Å². The molecule has 1 saturated heterocycles. The Hall–Kier alpha value is -3.31. The van der Waals surface area contributed by atoms with Crippen LogP contribution in [0.3, 0.4) is 0 Å². The Labute approximate surface area is 177 Å². The summed E-state index contributed by atoms with van der Waals surface area (Å²) in [7, 11) is 1.41. The Morgan fingerprint density at radius 3 is 2.67 bits per heavy atom. The molecule has 2 unspecified atom stereocenters. The third-order valence-corrected chi connectivity index (χ3v) is 5.52. The molecule has 2 heterocycles. The number of amides is 2. The summed E-state index contributed by atoms with van der Waals surface area (Å²) in [4.78, 5) is 38.2. The molecule has 1 fully saturated rings. The molecule has 2 atom stereocenters. The van der Waals surface area contributed by atoms with Crippen molar-refractivity contribution in [2.45, 2.75) is 25.8 Å². The van der Waals surface area contributed by atoms with E-state index in [1.807, 2.05) is 6.92 Å². The van der Waals surface area contributed by atoms with Crippen LogP contribution in [0.5, 0.6) is 5.75 Å². The number of likely N-dealkylation sites (tertiary alicyclic amines) is 1. The van der Waals surface area contributed by atoms with Crippen LogP contribution in [-0.2, 0) is 4.79 Å². The van der Waals surface area contributed by atoms with Gasteiger partial charge in [0.05, 0.1) is 24.9 Å². The molecule has 0 radical (unpaired) electrons. The van der Waals surface area contributed by atoms with Gasteiger partial charge < -0.3 is 9.84 Å². The van der Waals surface area contributed by atoms with Gasteiger partial charge in [-0.2, -0.15) is 5.26 Å². The maximum absolute atomic E-state index is 13.0. The van der Waals surface area contributed by atoms with Gasteiger partial charge in [0.2, 0.25) is 0 Å². The summed E-state index contributed by atoms with van der Waals surface area (Å²) in [5.41, 5.74) is 0.595.